The van der Waals surface area contributed by atoms with Gasteiger partial charge in [-0.15, -0.1) is 0 Å². The van der Waals surface area contributed by atoms with E-state index in [-0.39, 0.29) is 19.0 Å². The number of rotatable bonds is 9. The number of phenolic OH excluding ortho intramolecular Hbond substituents is 1. The van der Waals surface area contributed by atoms with E-state index >= 15 is 0 Å². The van der Waals surface area contributed by atoms with Gasteiger partial charge in [0.05, 0.1) is 11.2 Å². The van der Waals surface area contributed by atoms with Crippen molar-refractivity contribution in [2.24, 2.45) is 5.10 Å². The molecule has 7 heteroatoms. The largest absolute Gasteiger partial charge is 0.506 e. The van der Waals surface area contributed by atoms with Gasteiger partial charge in [-0.1, -0.05) is 56.6 Å². The zero-order chi connectivity index (χ0) is 26.3. The van der Waals surface area contributed by atoms with Crippen molar-refractivity contribution in [3.05, 3.63) is 93.0 Å². The molecule has 3 aromatic rings. The molecule has 0 spiro atoms. The molecule has 0 unspecified atom stereocenters. The lowest BCUT2D eigenvalue weighted by molar-refractivity contribution is 0.0955. The predicted octanol–water partition coefficient (Wildman–Crippen LogP) is 6.38. The number of hydrazone groups is 1. The topological polar surface area (TPSA) is 83.0 Å². The van der Waals surface area contributed by atoms with Crippen LogP contribution in [0.15, 0.2) is 59.7 Å². The van der Waals surface area contributed by atoms with Gasteiger partial charge in [-0.2, -0.15) is 5.10 Å². The quantitative estimate of drug-likeness (QED) is 0.177. The summed E-state index contributed by atoms with van der Waals surface area (Å²) in [5, 5.41) is 17.1. The average Bonchev–Trinajstić information content (AvgIpc) is 2.81. The van der Waals surface area contributed by atoms with E-state index in [1.807, 2.05) is 26.0 Å². The van der Waals surface area contributed by atoms with Crippen LogP contribution in [0.25, 0.3) is 0 Å². The SMILES string of the molecule is Cc1cc(/C=N/NC(=O)c2ccc(O)c(Cl)c2)cc(C)c1OCCNCc1ccc(C(C)(C)C)cc1.[HH].[HH]. The van der Waals surface area contributed by atoms with Gasteiger partial charge in [0.2, 0.25) is 0 Å². The molecule has 0 aliphatic carbocycles. The summed E-state index contributed by atoms with van der Waals surface area (Å²) < 4.78 is 6.04. The van der Waals surface area contributed by atoms with E-state index < -0.39 is 5.91 Å². The number of aromatic hydroxyl groups is 1. The number of phenols is 1. The number of carbonyl (C=O) groups is 1. The van der Waals surface area contributed by atoms with Crippen molar-refractivity contribution in [1.82, 2.24) is 10.7 Å². The summed E-state index contributed by atoms with van der Waals surface area (Å²) in [5.41, 5.74) is 8.35. The number of hydrogen-bond acceptors (Lipinski definition) is 5. The van der Waals surface area contributed by atoms with Crippen molar-refractivity contribution in [3.8, 4) is 11.5 Å². The second-order valence-corrected chi connectivity index (χ2v) is 10.2. The van der Waals surface area contributed by atoms with Crippen molar-refractivity contribution < 1.29 is 17.5 Å². The van der Waals surface area contributed by atoms with Crippen molar-refractivity contribution in [1.29, 1.82) is 0 Å². The van der Waals surface area contributed by atoms with Gasteiger partial charge in [-0.05, 0) is 77.4 Å². The second kappa shape index (κ2) is 12.1. The minimum Gasteiger partial charge on any atom is -0.506 e. The van der Waals surface area contributed by atoms with Crippen LogP contribution >= 0.6 is 11.6 Å². The third-order valence-electron chi connectivity index (χ3n) is 5.75. The highest BCUT2D eigenvalue weighted by atomic mass is 35.5. The first-order chi connectivity index (χ1) is 17.0. The van der Waals surface area contributed by atoms with Crippen LogP contribution in [0, 0.1) is 13.8 Å². The fourth-order valence-corrected chi connectivity index (χ4v) is 3.93. The molecule has 0 aromatic heterocycles. The number of ether oxygens (including phenoxy) is 1. The Hall–Kier alpha value is -3.35. The van der Waals surface area contributed by atoms with Gasteiger partial charge in [-0.25, -0.2) is 5.43 Å². The lowest BCUT2D eigenvalue weighted by Gasteiger charge is -2.19. The van der Waals surface area contributed by atoms with E-state index in [0.717, 1.165) is 35.5 Å². The Morgan fingerprint density at radius 1 is 1.08 bits per heavy atom. The molecular weight excluding hydrogens is 474 g/mol. The monoisotopic (exact) mass is 511 g/mol. The molecule has 0 aliphatic heterocycles. The van der Waals surface area contributed by atoms with E-state index in [1.54, 1.807) is 6.21 Å². The minimum atomic E-state index is -0.417. The standard InChI is InChI=1S/C29H34ClN3O3.2H2/c1-19-14-22(18-32-33-28(35)23-8-11-26(34)25(30)16-23)15-20(2)27(19)36-13-12-31-17-21-6-9-24(10-7-21)29(3,4)5;;/h6-11,14-16,18,31,34H,12-13,17H2,1-5H3,(H,33,35);2*1H/b32-18+;;. The predicted molar refractivity (Wildman–Crippen MR) is 151 cm³/mol. The summed E-state index contributed by atoms with van der Waals surface area (Å²) in [6, 6.07) is 16.9. The number of amides is 1. The molecule has 0 heterocycles. The molecule has 3 aromatic carbocycles. The summed E-state index contributed by atoms with van der Waals surface area (Å²) in [6.45, 7) is 12.7. The summed E-state index contributed by atoms with van der Waals surface area (Å²) in [6.07, 6.45) is 1.58. The maximum absolute atomic E-state index is 12.2. The number of nitrogens with one attached hydrogen (secondary N) is 2. The zero-order valence-electron chi connectivity index (χ0n) is 21.5. The Morgan fingerprint density at radius 2 is 1.75 bits per heavy atom. The van der Waals surface area contributed by atoms with Gasteiger partial charge in [0.25, 0.3) is 5.91 Å². The van der Waals surface area contributed by atoms with Crippen LogP contribution in [0.1, 0.15) is 61.8 Å². The average molecular weight is 512 g/mol. The van der Waals surface area contributed by atoms with Gasteiger partial charge < -0.3 is 15.2 Å². The lowest BCUT2D eigenvalue weighted by atomic mass is 9.87. The van der Waals surface area contributed by atoms with Gasteiger partial charge in [0.1, 0.15) is 18.1 Å². The highest BCUT2D eigenvalue weighted by Crippen LogP contribution is 2.25. The maximum atomic E-state index is 12.2. The molecule has 6 nitrogen and oxygen atoms in total. The third-order valence-corrected chi connectivity index (χ3v) is 6.05. The van der Waals surface area contributed by atoms with Crippen LogP contribution in [-0.2, 0) is 12.0 Å². The molecule has 3 N–H and O–H groups in total. The van der Waals surface area contributed by atoms with Gasteiger partial charge in [0.15, 0.2) is 0 Å². The molecule has 1 amide bonds. The Kier molecular flexibility index (Phi) is 9.13. The van der Waals surface area contributed by atoms with Gasteiger partial charge >= 0.3 is 0 Å². The Bertz CT molecular complexity index is 1220. The van der Waals surface area contributed by atoms with E-state index in [9.17, 15) is 9.90 Å². The van der Waals surface area contributed by atoms with E-state index in [4.69, 9.17) is 16.3 Å². The van der Waals surface area contributed by atoms with Gasteiger partial charge in [-0.3, -0.25) is 4.79 Å². The smallest absolute Gasteiger partial charge is 0.271 e. The van der Waals surface area contributed by atoms with E-state index in [1.165, 1.54) is 29.3 Å². The molecule has 36 heavy (non-hydrogen) atoms. The molecule has 0 saturated carbocycles. The summed E-state index contributed by atoms with van der Waals surface area (Å²) in [4.78, 5) is 12.2. The number of nitrogens with zero attached hydrogens (tertiary/aromatic N) is 1. The van der Waals surface area contributed by atoms with Crippen LogP contribution in [0.4, 0.5) is 0 Å². The molecule has 0 atom stereocenters. The number of benzene rings is 3. The highest BCUT2D eigenvalue weighted by molar-refractivity contribution is 6.32. The second-order valence-electron chi connectivity index (χ2n) is 9.82. The number of aryl methyl sites for hydroxylation is 2. The van der Waals surface area contributed by atoms with Crippen molar-refractivity contribution >= 4 is 23.7 Å². The molecule has 0 bridgehead atoms. The van der Waals surface area contributed by atoms with E-state index in [2.05, 4.69) is 60.9 Å². The van der Waals surface area contributed by atoms with E-state index in [0.29, 0.717) is 12.2 Å². The van der Waals surface area contributed by atoms with Crippen LogP contribution in [-0.4, -0.2) is 30.4 Å². The van der Waals surface area contributed by atoms with Crippen LogP contribution < -0.4 is 15.5 Å². The number of hydrogen-bond donors (Lipinski definition) is 3. The first kappa shape index (κ1) is 27.2. The number of halogens is 1. The van der Waals surface area contributed by atoms with Crippen molar-refractivity contribution in [2.75, 3.05) is 13.2 Å². The molecule has 3 rings (SSSR count). The molecule has 0 fully saturated rings. The Balaban J connectivity index is 0.00000361. The third kappa shape index (κ3) is 7.57. The fourth-order valence-electron chi connectivity index (χ4n) is 3.74. The van der Waals surface area contributed by atoms with Crippen LogP contribution in [0.5, 0.6) is 11.5 Å². The van der Waals surface area contributed by atoms with Gasteiger partial charge in [0, 0.05) is 21.5 Å². The molecule has 194 valence electrons. The fraction of sp³-hybridized carbons (Fsp3) is 0.310. The van der Waals surface area contributed by atoms with Crippen LogP contribution in [0.3, 0.4) is 0 Å². The van der Waals surface area contributed by atoms with Crippen molar-refractivity contribution in [2.45, 2.75) is 46.6 Å². The summed E-state index contributed by atoms with van der Waals surface area (Å²) in [7, 11) is 0. The summed E-state index contributed by atoms with van der Waals surface area (Å²) >= 11 is 5.85. The van der Waals surface area contributed by atoms with Crippen LogP contribution in [0.2, 0.25) is 5.02 Å². The zero-order valence-corrected chi connectivity index (χ0v) is 22.2. The molecular formula is C29H38ClN3O3. The Morgan fingerprint density at radius 3 is 2.36 bits per heavy atom. The first-order valence-corrected chi connectivity index (χ1v) is 12.3. The van der Waals surface area contributed by atoms with Crippen molar-refractivity contribution in [3.63, 3.8) is 0 Å². The molecule has 0 saturated heterocycles. The number of carbonyl (C=O) groups excluding carboxylic acids is 1. The maximum Gasteiger partial charge on any atom is 0.271 e. The normalized spacial score (nSPS) is 11.6. The lowest BCUT2D eigenvalue weighted by Crippen LogP contribution is -2.21. The summed E-state index contributed by atoms with van der Waals surface area (Å²) in [5.74, 6) is 0.358. The highest BCUT2D eigenvalue weighted by Gasteiger charge is 2.13. The Labute approximate surface area is 221 Å². The molecule has 0 radical (unpaired) electrons. The first-order valence-electron chi connectivity index (χ1n) is 11.9. The molecule has 0 aliphatic rings. The minimum absolute atomic E-state index is 0.